The number of likely N-dealkylation sites (N-methyl/N-ethyl adjacent to an activating group) is 1. The number of cyclic esters (lactones) is 1. The number of β-amino-alcohol motifs (C(OH)–C–C–N with tert-alkyl or cyclic N) is 1. The Morgan fingerprint density at radius 1 is 1.16 bits per heavy atom. The van der Waals surface area contributed by atoms with Crippen LogP contribution < -0.4 is 14.8 Å². The molecule has 2 aliphatic rings. The first-order valence-electron chi connectivity index (χ1n) is 11.1. The summed E-state index contributed by atoms with van der Waals surface area (Å²) in [4.78, 5) is 17.8. The van der Waals surface area contributed by atoms with E-state index in [-0.39, 0.29) is 12.7 Å². The van der Waals surface area contributed by atoms with E-state index in [1.807, 2.05) is 18.2 Å². The number of nitrogens with zero attached hydrogens (tertiary/aromatic N) is 3. The van der Waals surface area contributed by atoms with Crippen LogP contribution in [0, 0.1) is 0 Å². The first kappa shape index (κ1) is 23.6. The molecular weight excluding hydrogens is 400 g/mol. The van der Waals surface area contributed by atoms with Gasteiger partial charge in [-0.05, 0) is 24.2 Å². The van der Waals surface area contributed by atoms with E-state index in [0.29, 0.717) is 50.8 Å². The summed E-state index contributed by atoms with van der Waals surface area (Å²) in [5.74, 6) is 1.27. The molecule has 1 amide bonds. The molecule has 1 aromatic carbocycles. The fourth-order valence-electron chi connectivity index (χ4n) is 3.84. The molecule has 9 nitrogen and oxygen atoms in total. The van der Waals surface area contributed by atoms with Gasteiger partial charge >= 0.3 is 6.09 Å². The van der Waals surface area contributed by atoms with Crippen LogP contribution in [-0.2, 0) is 11.3 Å². The largest absolute Gasteiger partial charge is 0.493 e. The van der Waals surface area contributed by atoms with Crippen LogP contribution in [0.3, 0.4) is 0 Å². The molecule has 2 saturated heterocycles. The van der Waals surface area contributed by atoms with Gasteiger partial charge < -0.3 is 34.4 Å². The summed E-state index contributed by atoms with van der Waals surface area (Å²) in [6, 6.07) is 5.79. The molecule has 31 heavy (non-hydrogen) atoms. The molecule has 0 unspecified atom stereocenters. The number of carbonyl (C=O) groups excluding carboxylic acids is 1. The first-order chi connectivity index (χ1) is 15.1. The number of nitrogens with one attached hydrogen (secondary N) is 1. The zero-order chi connectivity index (χ0) is 22.1. The molecule has 2 aliphatic heterocycles. The molecule has 174 valence electrons. The predicted molar refractivity (Wildman–Crippen MR) is 118 cm³/mol. The zero-order valence-corrected chi connectivity index (χ0v) is 18.7. The second kappa shape index (κ2) is 12.1. The van der Waals surface area contributed by atoms with Crippen LogP contribution in [0.5, 0.6) is 11.5 Å². The summed E-state index contributed by atoms with van der Waals surface area (Å²) in [6.07, 6.45) is -0.785. The quantitative estimate of drug-likeness (QED) is 0.461. The minimum absolute atomic E-state index is 0.230. The topological polar surface area (TPSA) is 86.7 Å². The maximum atomic E-state index is 11.4. The lowest BCUT2D eigenvalue weighted by atomic mass is 10.2. The molecule has 0 bridgehead atoms. The monoisotopic (exact) mass is 436 g/mol. The van der Waals surface area contributed by atoms with Crippen molar-refractivity contribution < 1.29 is 24.1 Å². The maximum Gasteiger partial charge on any atom is 0.409 e. The van der Waals surface area contributed by atoms with Crippen LogP contribution in [0.4, 0.5) is 4.79 Å². The lowest BCUT2D eigenvalue weighted by Crippen LogP contribution is -2.49. The number of rotatable bonds is 12. The molecule has 2 N–H and O–H groups in total. The van der Waals surface area contributed by atoms with Crippen LogP contribution >= 0.6 is 0 Å². The molecule has 0 spiro atoms. The van der Waals surface area contributed by atoms with Crippen molar-refractivity contribution in [3.8, 4) is 11.5 Å². The Kier molecular flexibility index (Phi) is 9.20. The van der Waals surface area contributed by atoms with Gasteiger partial charge in [-0.1, -0.05) is 13.0 Å². The van der Waals surface area contributed by atoms with Gasteiger partial charge in [0.05, 0.1) is 13.7 Å². The van der Waals surface area contributed by atoms with E-state index in [1.165, 1.54) is 0 Å². The van der Waals surface area contributed by atoms with E-state index >= 15 is 0 Å². The Hall–Kier alpha value is -2.07. The third-order valence-electron chi connectivity index (χ3n) is 5.77. The maximum absolute atomic E-state index is 11.4. The summed E-state index contributed by atoms with van der Waals surface area (Å²) in [7, 11) is 1.61. The summed E-state index contributed by atoms with van der Waals surface area (Å²) < 4.78 is 16.2. The van der Waals surface area contributed by atoms with E-state index in [0.717, 1.165) is 38.3 Å². The predicted octanol–water partition coefficient (Wildman–Crippen LogP) is 0.614. The van der Waals surface area contributed by atoms with Crippen molar-refractivity contribution >= 4 is 6.09 Å². The lowest BCUT2D eigenvalue weighted by Gasteiger charge is -2.34. The van der Waals surface area contributed by atoms with Crippen molar-refractivity contribution in [2.24, 2.45) is 0 Å². The van der Waals surface area contributed by atoms with Crippen molar-refractivity contribution in [1.29, 1.82) is 0 Å². The van der Waals surface area contributed by atoms with Gasteiger partial charge in [0.2, 0.25) is 0 Å². The van der Waals surface area contributed by atoms with E-state index in [1.54, 1.807) is 12.0 Å². The van der Waals surface area contributed by atoms with E-state index in [2.05, 4.69) is 22.0 Å². The number of piperazine rings is 1. The molecule has 0 radical (unpaired) electrons. The van der Waals surface area contributed by atoms with Gasteiger partial charge in [0.25, 0.3) is 0 Å². The molecular formula is C22H36N4O5. The molecule has 0 aromatic heterocycles. The summed E-state index contributed by atoms with van der Waals surface area (Å²) in [5.41, 5.74) is 1.06. The Balaban J connectivity index is 1.39. The highest BCUT2D eigenvalue weighted by Crippen LogP contribution is 2.28. The van der Waals surface area contributed by atoms with Crippen molar-refractivity contribution in [1.82, 2.24) is 20.0 Å². The summed E-state index contributed by atoms with van der Waals surface area (Å²) in [6.45, 7) is 11.3. The second-order valence-corrected chi connectivity index (χ2v) is 7.96. The molecule has 1 aromatic rings. The van der Waals surface area contributed by atoms with Gasteiger partial charge in [-0.2, -0.15) is 0 Å². The minimum Gasteiger partial charge on any atom is -0.493 e. The second-order valence-electron chi connectivity index (χ2n) is 7.96. The number of benzene rings is 1. The van der Waals surface area contributed by atoms with Gasteiger partial charge in [0.1, 0.15) is 19.3 Å². The van der Waals surface area contributed by atoms with E-state index < -0.39 is 6.10 Å². The number of hydrogen-bond donors (Lipinski definition) is 2. The molecule has 2 fully saturated rings. The summed E-state index contributed by atoms with van der Waals surface area (Å²) >= 11 is 0. The average molecular weight is 437 g/mol. The normalized spacial score (nSPS) is 18.8. The van der Waals surface area contributed by atoms with Crippen LogP contribution in [-0.4, -0.2) is 111 Å². The molecule has 3 rings (SSSR count). The number of methoxy groups -OCH3 is 1. The van der Waals surface area contributed by atoms with Crippen LogP contribution in [0.15, 0.2) is 18.2 Å². The molecule has 0 saturated carbocycles. The van der Waals surface area contributed by atoms with Gasteiger partial charge in [0.15, 0.2) is 11.5 Å². The Morgan fingerprint density at radius 3 is 2.61 bits per heavy atom. The van der Waals surface area contributed by atoms with Crippen molar-refractivity contribution in [3.63, 3.8) is 0 Å². The molecule has 1 atom stereocenters. The third-order valence-corrected chi connectivity index (χ3v) is 5.77. The molecule has 9 heteroatoms. The smallest absolute Gasteiger partial charge is 0.409 e. The van der Waals surface area contributed by atoms with E-state index in [4.69, 9.17) is 14.2 Å². The number of aliphatic hydroxyl groups excluding tert-OH is 1. The van der Waals surface area contributed by atoms with Crippen LogP contribution in [0.25, 0.3) is 0 Å². The SMILES string of the molecule is CCN1CCN(C[C@H](O)COc2ccc(CNCCN3CCOC3=O)cc2OC)CC1. The highest BCUT2D eigenvalue weighted by Gasteiger charge is 2.21. The van der Waals surface area contributed by atoms with Crippen molar-refractivity contribution in [2.75, 3.05) is 79.2 Å². The first-order valence-corrected chi connectivity index (χ1v) is 11.1. The molecule has 2 heterocycles. The fraction of sp³-hybridized carbons (Fsp3) is 0.682. The van der Waals surface area contributed by atoms with Crippen molar-refractivity contribution in [2.45, 2.75) is 19.6 Å². The number of aliphatic hydroxyl groups is 1. The standard InChI is InChI=1S/C22H36N4O5/c1-3-24-8-10-25(11-9-24)16-19(27)17-31-20-5-4-18(14-21(20)29-2)15-23-6-7-26-12-13-30-22(26)28/h4-5,14,19,23,27H,3,6-13,15-17H2,1-2H3/t19-/m0/s1. The highest BCUT2D eigenvalue weighted by atomic mass is 16.6. The minimum atomic E-state index is -0.545. The fourth-order valence-corrected chi connectivity index (χ4v) is 3.84. The third kappa shape index (κ3) is 7.24. The lowest BCUT2D eigenvalue weighted by molar-refractivity contribution is 0.0464. The number of hydrogen-bond acceptors (Lipinski definition) is 8. The Bertz CT molecular complexity index is 696. The van der Waals surface area contributed by atoms with E-state index in [9.17, 15) is 9.90 Å². The number of ether oxygens (including phenoxy) is 3. The van der Waals surface area contributed by atoms with Gasteiger partial charge in [0, 0.05) is 52.4 Å². The zero-order valence-electron chi connectivity index (χ0n) is 18.7. The summed E-state index contributed by atoms with van der Waals surface area (Å²) in [5, 5.41) is 13.7. The highest BCUT2D eigenvalue weighted by molar-refractivity contribution is 5.69. The van der Waals surface area contributed by atoms with Gasteiger partial charge in [-0.3, -0.25) is 4.90 Å². The Labute approximate surface area is 184 Å². The van der Waals surface area contributed by atoms with Crippen LogP contribution in [0.2, 0.25) is 0 Å². The van der Waals surface area contributed by atoms with Crippen molar-refractivity contribution in [3.05, 3.63) is 23.8 Å². The number of carbonyl (C=O) groups is 1. The van der Waals surface area contributed by atoms with Gasteiger partial charge in [-0.25, -0.2) is 4.79 Å². The van der Waals surface area contributed by atoms with Gasteiger partial charge in [-0.15, -0.1) is 0 Å². The molecule has 0 aliphatic carbocycles. The van der Waals surface area contributed by atoms with Crippen LogP contribution in [0.1, 0.15) is 12.5 Å². The number of amides is 1. The average Bonchev–Trinajstić information content (AvgIpc) is 3.20. The Morgan fingerprint density at radius 2 is 1.94 bits per heavy atom.